The first-order chi connectivity index (χ1) is 15.8. The quantitative estimate of drug-likeness (QED) is 0.369. The molecule has 0 amide bonds. The van der Waals surface area contributed by atoms with Crippen molar-refractivity contribution in [1.82, 2.24) is 4.98 Å². The van der Waals surface area contributed by atoms with Crippen molar-refractivity contribution in [3.8, 4) is 5.75 Å². The van der Waals surface area contributed by atoms with E-state index in [1.54, 1.807) is 12.2 Å². The summed E-state index contributed by atoms with van der Waals surface area (Å²) in [5.74, 6) is 1.06. The Balaban J connectivity index is 1.45. The molecule has 4 N–H and O–H groups in total. The molecule has 0 aliphatic rings. The second kappa shape index (κ2) is 11.3. The fraction of sp³-hybridized carbons (Fsp3) is 0.240. The number of hydrogen-bond acceptors (Lipinski definition) is 5. The van der Waals surface area contributed by atoms with E-state index in [2.05, 4.69) is 4.98 Å². The van der Waals surface area contributed by atoms with Crippen LogP contribution < -0.4 is 16.2 Å². The third-order valence-electron chi connectivity index (χ3n) is 4.93. The second-order valence-electron chi connectivity index (χ2n) is 7.51. The van der Waals surface area contributed by atoms with E-state index in [0.29, 0.717) is 22.8 Å². The Bertz CT molecular complexity index is 1070. The van der Waals surface area contributed by atoms with Gasteiger partial charge in [-0.05, 0) is 67.2 Å². The molecular formula is C25H26F3N3O2. The Morgan fingerprint density at radius 3 is 2.39 bits per heavy atom. The van der Waals surface area contributed by atoms with Crippen LogP contribution in [0.15, 0.2) is 71.1 Å². The minimum absolute atomic E-state index is 0.238. The number of nitrogens with two attached hydrogens (primary N) is 2. The average molecular weight is 457 g/mol. The van der Waals surface area contributed by atoms with Gasteiger partial charge in [-0.25, -0.2) is 4.98 Å². The van der Waals surface area contributed by atoms with Gasteiger partial charge in [0, 0.05) is 18.0 Å². The topological polar surface area (TPSA) is 87.3 Å². The van der Waals surface area contributed by atoms with Gasteiger partial charge in [-0.1, -0.05) is 24.3 Å². The lowest BCUT2D eigenvalue weighted by Crippen LogP contribution is -2.03. The Labute approximate surface area is 190 Å². The molecule has 174 valence electrons. The van der Waals surface area contributed by atoms with Crippen molar-refractivity contribution < 1.29 is 22.3 Å². The predicted octanol–water partition coefficient (Wildman–Crippen LogP) is 5.91. The summed E-state index contributed by atoms with van der Waals surface area (Å²) < 4.78 is 49.0. The molecule has 1 aromatic heterocycles. The van der Waals surface area contributed by atoms with E-state index in [4.69, 9.17) is 20.6 Å². The molecule has 0 aliphatic heterocycles. The third kappa shape index (κ3) is 7.75. The Morgan fingerprint density at radius 2 is 1.73 bits per heavy atom. The van der Waals surface area contributed by atoms with Crippen LogP contribution in [0.2, 0.25) is 0 Å². The molecule has 0 aliphatic carbocycles. The van der Waals surface area contributed by atoms with Crippen molar-refractivity contribution in [1.29, 1.82) is 0 Å². The maximum absolute atomic E-state index is 12.6. The standard InChI is InChI=1S/C25H26F3N3O2/c26-25(27,28)20-10-5-19(6-11-20)9-14-24-31-22(17-33-24)16-32-23-12-7-18(8-13-23)3-1-2-4-21(30)15-29/h5-15,17H,1-4,16,29-30H2/b14-9+,21-15-. The first-order valence-corrected chi connectivity index (χ1v) is 10.5. The molecule has 8 heteroatoms. The van der Waals surface area contributed by atoms with E-state index in [9.17, 15) is 13.2 Å². The lowest BCUT2D eigenvalue weighted by molar-refractivity contribution is -0.137. The number of aromatic nitrogens is 1. The number of alkyl halides is 3. The van der Waals surface area contributed by atoms with Gasteiger partial charge in [-0.2, -0.15) is 13.2 Å². The van der Waals surface area contributed by atoms with Crippen LogP contribution in [-0.4, -0.2) is 4.98 Å². The minimum atomic E-state index is -4.35. The number of aryl methyl sites for hydroxylation is 1. The summed E-state index contributed by atoms with van der Waals surface area (Å²) in [6.07, 6.45) is 5.58. The zero-order valence-electron chi connectivity index (χ0n) is 18.0. The minimum Gasteiger partial charge on any atom is -0.487 e. The van der Waals surface area contributed by atoms with Crippen LogP contribution in [0.4, 0.5) is 13.2 Å². The molecule has 3 rings (SSSR count). The Hall–Kier alpha value is -3.68. The maximum Gasteiger partial charge on any atom is 0.416 e. The fourth-order valence-electron chi connectivity index (χ4n) is 3.07. The summed E-state index contributed by atoms with van der Waals surface area (Å²) in [5.41, 5.74) is 13.5. The van der Waals surface area contributed by atoms with Crippen LogP contribution in [0.3, 0.4) is 0 Å². The van der Waals surface area contributed by atoms with Crippen LogP contribution in [0.5, 0.6) is 5.75 Å². The molecule has 0 spiro atoms. The fourth-order valence-corrected chi connectivity index (χ4v) is 3.07. The van der Waals surface area contributed by atoms with Gasteiger partial charge in [0.25, 0.3) is 0 Å². The van der Waals surface area contributed by atoms with Gasteiger partial charge in [-0.15, -0.1) is 0 Å². The summed E-state index contributed by atoms with van der Waals surface area (Å²) in [6.45, 7) is 0.238. The molecule has 5 nitrogen and oxygen atoms in total. The molecule has 0 fully saturated rings. The van der Waals surface area contributed by atoms with Crippen LogP contribution in [0.1, 0.15) is 47.5 Å². The number of unbranched alkanes of at least 4 members (excludes halogenated alkanes) is 1. The van der Waals surface area contributed by atoms with Gasteiger partial charge in [0.1, 0.15) is 24.3 Å². The normalized spacial score (nSPS) is 12.4. The Morgan fingerprint density at radius 1 is 1.00 bits per heavy atom. The molecule has 0 atom stereocenters. The molecule has 33 heavy (non-hydrogen) atoms. The summed E-state index contributed by atoms with van der Waals surface area (Å²) in [5, 5.41) is 0. The number of benzene rings is 2. The van der Waals surface area contributed by atoms with Gasteiger partial charge in [0.2, 0.25) is 5.89 Å². The molecule has 3 aromatic rings. The highest BCUT2D eigenvalue weighted by Crippen LogP contribution is 2.29. The third-order valence-corrected chi connectivity index (χ3v) is 4.93. The van der Waals surface area contributed by atoms with E-state index in [-0.39, 0.29) is 6.61 Å². The van der Waals surface area contributed by atoms with Crippen LogP contribution in [0, 0.1) is 0 Å². The number of halogens is 3. The average Bonchev–Trinajstić information content (AvgIpc) is 3.27. The lowest BCUT2D eigenvalue weighted by atomic mass is 10.1. The van der Waals surface area contributed by atoms with E-state index in [0.717, 1.165) is 43.6 Å². The molecular weight excluding hydrogens is 431 g/mol. The monoisotopic (exact) mass is 457 g/mol. The van der Waals surface area contributed by atoms with E-state index < -0.39 is 11.7 Å². The van der Waals surface area contributed by atoms with Crippen LogP contribution >= 0.6 is 0 Å². The first-order valence-electron chi connectivity index (χ1n) is 10.5. The summed E-state index contributed by atoms with van der Waals surface area (Å²) >= 11 is 0. The molecule has 1 heterocycles. The highest BCUT2D eigenvalue weighted by molar-refractivity contribution is 5.66. The van der Waals surface area contributed by atoms with Gasteiger partial charge >= 0.3 is 6.18 Å². The molecule has 2 aromatic carbocycles. The van der Waals surface area contributed by atoms with Crippen molar-refractivity contribution in [2.75, 3.05) is 0 Å². The second-order valence-corrected chi connectivity index (χ2v) is 7.51. The zero-order valence-corrected chi connectivity index (χ0v) is 18.0. The summed E-state index contributed by atoms with van der Waals surface area (Å²) in [6, 6.07) is 12.7. The number of nitrogens with zero attached hydrogens (tertiary/aromatic N) is 1. The molecule has 0 unspecified atom stereocenters. The lowest BCUT2D eigenvalue weighted by Gasteiger charge is -2.06. The molecule has 0 bridgehead atoms. The highest BCUT2D eigenvalue weighted by atomic mass is 19.4. The highest BCUT2D eigenvalue weighted by Gasteiger charge is 2.29. The smallest absolute Gasteiger partial charge is 0.416 e. The van der Waals surface area contributed by atoms with E-state index >= 15 is 0 Å². The maximum atomic E-state index is 12.6. The first kappa shape index (κ1) is 24.0. The van der Waals surface area contributed by atoms with Crippen molar-refractivity contribution >= 4 is 12.2 Å². The summed E-state index contributed by atoms with van der Waals surface area (Å²) in [7, 11) is 0. The van der Waals surface area contributed by atoms with Crippen molar-refractivity contribution in [3.63, 3.8) is 0 Å². The van der Waals surface area contributed by atoms with Gasteiger partial charge in [0.15, 0.2) is 0 Å². The number of ether oxygens (including phenoxy) is 1. The Kier molecular flexibility index (Phi) is 8.18. The van der Waals surface area contributed by atoms with Crippen molar-refractivity contribution in [2.45, 2.75) is 38.5 Å². The van der Waals surface area contributed by atoms with Gasteiger partial charge in [-0.3, -0.25) is 0 Å². The molecule has 0 saturated carbocycles. The number of hydrogen-bond donors (Lipinski definition) is 2. The number of oxazole rings is 1. The predicted molar refractivity (Wildman–Crippen MR) is 122 cm³/mol. The largest absolute Gasteiger partial charge is 0.487 e. The van der Waals surface area contributed by atoms with Crippen LogP contribution in [0.25, 0.3) is 12.2 Å². The SMILES string of the molecule is N/C=C(\N)CCCCc1ccc(OCc2coc(/C=C/c3ccc(C(F)(F)F)cc3)n2)cc1. The van der Waals surface area contributed by atoms with Crippen LogP contribution in [-0.2, 0) is 19.2 Å². The number of allylic oxidation sites excluding steroid dienone is 1. The number of rotatable bonds is 10. The zero-order chi connectivity index (χ0) is 23.7. The van der Waals surface area contributed by atoms with Gasteiger partial charge < -0.3 is 20.6 Å². The van der Waals surface area contributed by atoms with Gasteiger partial charge in [0.05, 0.1) is 5.56 Å². The molecule has 0 saturated heterocycles. The summed E-state index contributed by atoms with van der Waals surface area (Å²) in [4.78, 5) is 4.30. The van der Waals surface area contributed by atoms with E-state index in [1.165, 1.54) is 30.2 Å². The van der Waals surface area contributed by atoms with Crippen molar-refractivity contribution in [3.05, 3.63) is 95.0 Å². The molecule has 0 radical (unpaired) electrons. The van der Waals surface area contributed by atoms with E-state index in [1.807, 2.05) is 24.3 Å². The van der Waals surface area contributed by atoms with Crippen molar-refractivity contribution in [2.24, 2.45) is 11.5 Å².